The van der Waals surface area contributed by atoms with Crippen molar-refractivity contribution in [1.29, 1.82) is 0 Å². The number of carbonyl (C=O) groups is 11. The molecular weight excluding hydrogens is 1060 g/mol. The van der Waals surface area contributed by atoms with E-state index in [4.69, 9.17) is 5.73 Å². The van der Waals surface area contributed by atoms with Gasteiger partial charge in [0.05, 0.1) is 12.6 Å². The van der Waals surface area contributed by atoms with E-state index in [0.717, 1.165) is 0 Å². The summed E-state index contributed by atoms with van der Waals surface area (Å²) in [5.41, 5.74) is 6.69. The van der Waals surface area contributed by atoms with Crippen LogP contribution >= 0.6 is 11.8 Å². The third kappa shape index (κ3) is 24.9. The molecule has 0 aliphatic carbocycles. The molecule has 0 saturated carbocycles. The molecule has 13 N–H and O–H groups in total. The Hall–Kier alpha value is -6.50. The van der Waals surface area contributed by atoms with Gasteiger partial charge in [-0.05, 0) is 111 Å². The van der Waals surface area contributed by atoms with E-state index in [1.807, 2.05) is 13.8 Å². The molecule has 0 bridgehead atoms. The number of carbonyl (C=O) groups excluding carboxylic acids is 9. The van der Waals surface area contributed by atoms with Crippen LogP contribution in [-0.4, -0.2) is 165 Å². The maximum atomic E-state index is 14.1. The average molecular weight is 1150 g/mol. The summed E-state index contributed by atoms with van der Waals surface area (Å²) in [4.78, 5) is 149. The van der Waals surface area contributed by atoms with Gasteiger partial charge in [0.25, 0.3) is 0 Å². The molecule has 0 spiro atoms. The average Bonchev–Trinajstić information content (AvgIpc) is 3.87. The van der Waals surface area contributed by atoms with Crippen LogP contribution in [0, 0.1) is 29.6 Å². The van der Waals surface area contributed by atoms with Gasteiger partial charge in [-0.1, -0.05) is 81.4 Å². The van der Waals surface area contributed by atoms with Gasteiger partial charge in [0.1, 0.15) is 54.1 Å². The smallest absolute Gasteiger partial charge is 0.326 e. The van der Waals surface area contributed by atoms with E-state index in [0.29, 0.717) is 30.7 Å². The summed E-state index contributed by atoms with van der Waals surface area (Å²) in [6.45, 7) is 17.7. The number of likely N-dealkylation sites (tertiary alicyclic amines) is 1. The molecule has 1 aromatic carbocycles. The van der Waals surface area contributed by atoms with E-state index in [2.05, 4.69) is 42.5 Å². The Morgan fingerprint density at radius 3 is 1.48 bits per heavy atom. The molecule has 1 fully saturated rings. The van der Waals surface area contributed by atoms with Crippen molar-refractivity contribution < 1.29 is 68.1 Å². The number of carboxylic acid groups (broad SMARTS) is 2. The minimum absolute atomic E-state index is 0.0437. The number of aromatic hydroxyl groups is 1. The number of carboxylic acids is 2. The Balaban J connectivity index is 2.34. The predicted molar refractivity (Wildman–Crippen MR) is 301 cm³/mol. The molecule has 25 heteroatoms. The van der Waals surface area contributed by atoms with Gasteiger partial charge in [0.2, 0.25) is 53.2 Å². The third-order valence-corrected chi connectivity index (χ3v) is 13.8. The van der Waals surface area contributed by atoms with Crippen LogP contribution < -0.4 is 48.3 Å². The highest BCUT2D eigenvalue weighted by Crippen LogP contribution is 2.21. The highest BCUT2D eigenvalue weighted by molar-refractivity contribution is 7.98. The normalized spacial score (nSPS) is 16.4. The fraction of sp³-hybridized carbons (Fsp3) is 0.691. The predicted octanol–water partition coefficient (Wildman–Crippen LogP) is 1.31. The number of hydrogen-bond acceptors (Lipinski definition) is 14. The SMILES string of the molecule is CSCC[C@H](NC(=O)[C@H](CCC(=O)O)NC(=O)[C@H](CC(C)C)NC(=O)[C@H](CC(C)C)NC(=O)[C@H](CC(C)C)NC(=O)CNC(=O)[C@H](Cc1ccc(O)cc1)NC(=O)[C@H](CC(C)C)NC(=O)[C@@H]1CCCN1C(=O)[C@@H](N)C(C)C)C(=O)O. The van der Waals surface area contributed by atoms with Crippen molar-refractivity contribution in [2.45, 2.75) is 188 Å². The monoisotopic (exact) mass is 1150 g/mol. The molecule has 0 aromatic heterocycles. The third-order valence-electron chi connectivity index (χ3n) is 13.2. The first kappa shape index (κ1) is 69.6. The first-order valence-corrected chi connectivity index (χ1v) is 29.0. The van der Waals surface area contributed by atoms with Crippen molar-refractivity contribution in [3.63, 3.8) is 0 Å². The summed E-state index contributed by atoms with van der Waals surface area (Å²) in [5.74, 6) is -9.62. The number of aliphatic carboxylic acids is 2. The summed E-state index contributed by atoms with van der Waals surface area (Å²) >= 11 is 1.36. The molecule has 0 unspecified atom stereocenters. The molecule has 1 saturated heterocycles. The van der Waals surface area contributed by atoms with Crippen LogP contribution in [0.2, 0.25) is 0 Å². The van der Waals surface area contributed by atoms with E-state index in [-0.39, 0.29) is 86.2 Å². The minimum atomic E-state index is -1.48. The number of rotatable bonds is 35. The number of nitrogens with zero attached hydrogens (tertiary/aromatic N) is 1. The second-order valence-electron chi connectivity index (χ2n) is 22.6. The minimum Gasteiger partial charge on any atom is -0.508 e. The Morgan fingerprint density at radius 2 is 1.02 bits per heavy atom. The number of hydrogen-bond donors (Lipinski definition) is 12. The Bertz CT molecular complexity index is 2270. The lowest BCUT2D eigenvalue weighted by molar-refractivity contribution is -0.143. The van der Waals surface area contributed by atoms with Gasteiger partial charge in [-0.25, -0.2) is 4.79 Å². The zero-order chi connectivity index (χ0) is 60.6. The van der Waals surface area contributed by atoms with Gasteiger partial charge in [-0.15, -0.1) is 0 Å². The second-order valence-corrected chi connectivity index (χ2v) is 23.6. The molecule has 0 radical (unpaired) electrons. The number of benzene rings is 1. The van der Waals surface area contributed by atoms with Crippen molar-refractivity contribution in [2.75, 3.05) is 25.1 Å². The topological polar surface area (TPSA) is 374 Å². The van der Waals surface area contributed by atoms with Crippen molar-refractivity contribution in [2.24, 2.45) is 35.3 Å². The zero-order valence-corrected chi connectivity index (χ0v) is 49.2. The molecule has 9 atom stereocenters. The van der Waals surface area contributed by atoms with E-state index >= 15 is 0 Å². The molecule has 80 heavy (non-hydrogen) atoms. The van der Waals surface area contributed by atoms with Gasteiger partial charge >= 0.3 is 11.9 Å². The second kappa shape index (κ2) is 34.6. The number of phenolic OH excluding ortho intramolecular Hbond substituents is 1. The summed E-state index contributed by atoms with van der Waals surface area (Å²) < 4.78 is 0. The zero-order valence-electron chi connectivity index (χ0n) is 48.3. The summed E-state index contributed by atoms with van der Waals surface area (Å²) in [5, 5.41) is 50.0. The van der Waals surface area contributed by atoms with Crippen molar-refractivity contribution in [3.05, 3.63) is 29.8 Å². The van der Waals surface area contributed by atoms with Gasteiger partial charge in [0, 0.05) is 19.4 Å². The molecule has 9 amide bonds. The van der Waals surface area contributed by atoms with Crippen molar-refractivity contribution in [1.82, 2.24) is 47.4 Å². The van der Waals surface area contributed by atoms with E-state index in [1.54, 1.807) is 73.8 Å². The molecule has 450 valence electrons. The summed E-state index contributed by atoms with van der Waals surface area (Å²) in [6, 6.07) is -4.83. The highest BCUT2D eigenvalue weighted by Gasteiger charge is 2.39. The van der Waals surface area contributed by atoms with E-state index in [9.17, 15) is 68.1 Å². The fourth-order valence-electron chi connectivity index (χ4n) is 8.86. The fourth-order valence-corrected chi connectivity index (χ4v) is 9.33. The lowest BCUT2D eigenvalue weighted by atomic mass is 9.98. The van der Waals surface area contributed by atoms with Crippen LogP contribution in [-0.2, 0) is 59.2 Å². The molecular formula is C55H90N10O14S. The van der Waals surface area contributed by atoms with Gasteiger partial charge in [-0.2, -0.15) is 11.8 Å². The number of thioether (sulfide) groups is 1. The van der Waals surface area contributed by atoms with Crippen molar-refractivity contribution in [3.8, 4) is 5.75 Å². The molecule has 24 nitrogen and oxygen atoms in total. The molecule has 2 rings (SSSR count). The quantitative estimate of drug-likeness (QED) is 0.0456. The molecule has 1 aliphatic rings. The molecule has 1 aliphatic heterocycles. The first-order chi connectivity index (χ1) is 37.4. The van der Waals surface area contributed by atoms with Crippen LogP contribution in [0.25, 0.3) is 0 Å². The van der Waals surface area contributed by atoms with Crippen LogP contribution in [0.15, 0.2) is 24.3 Å². The van der Waals surface area contributed by atoms with Gasteiger partial charge < -0.3 is 68.5 Å². The lowest BCUT2D eigenvalue weighted by Crippen LogP contribution is -2.59. The van der Waals surface area contributed by atoms with Crippen LogP contribution in [0.4, 0.5) is 0 Å². The molecule has 1 heterocycles. The number of nitrogens with one attached hydrogen (secondary N) is 8. The van der Waals surface area contributed by atoms with Crippen LogP contribution in [0.1, 0.15) is 133 Å². The number of nitrogens with two attached hydrogens (primary N) is 1. The highest BCUT2D eigenvalue weighted by atomic mass is 32.2. The van der Waals surface area contributed by atoms with Crippen molar-refractivity contribution >= 4 is 76.9 Å². The lowest BCUT2D eigenvalue weighted by Gasteiger charge is -2.30. The van der Waals surface area contributed by atoms with E-state index in [1.165, 1.54) is 28.8 Å². The maximum absolute atomic E-state index is 14.1. The van der Waals surface area contributed by atoms with E-state index < -0.39 is 127 Å². The first-order valence-electron chi connectivity index (χ1n) is 27.6. The largest absolute Gasteiger partial charge is 0.508 e. The Labute approximate surface area is 474 Å². The molecule has 1 aromatic rings. The summed E-state index contributed by atoms with van der Waals surface area (Å²) in [7, 11) is 0. The maximum Gasteiger partial charge on any atom is 0.326 e. The number of amides is 9. The summed E-state index contributed by atoms with van der Waals surface area (Å²) in [6.07, 6.45) is 2.06. The standard InChI is InChI=1S/C55H90N10O14S/c1-29(2)23-38(49(72)61-40(25-31(5)6)51(74)62-39(24-30(3)4)50(73)59-36(18-19-45(68)69)48(71)60-37(55(78)79)20-22-80-11)58-44(67)28-57-47(70)42(27-34-14-16-35(66)17-15-34)63-52(75)41(26-32(7)8)64-53(76)43-13-12-21-65(43)54(77)46(56)33(9)10/h14-17,29-33,36-43,46,66H,12-13,18-28,56H2,1-11H3,(H,57,70)(H,58,67)(H,59,73)(H,60,71)(H,61,72)(H,62,74)(H,63,75)(H,64,76)(H,68,69)(H,78,79)/t36-,37-,38-,39-,40-,41-,42-,43-,46-/m0/s1. The van der Waals surface area contributed by atoms with Gasteiger partial charge in [-0.3, -0.25) is 47.9 Å². The van der Waals surface area contributed by atoms with Crippen LogP contribution in [0.5, 0.6) is 5.75 Å². The van der Waals surface area contributed by atoms with Crippen LogP contribution in [0.3, 0.4) is 0 Å². The Kier molecular flexibility index (Phi) is 30.1. The van der Waals surface area contributed by atoms with Gasteiger partial charge in [0.15, 0.2) is 0 Å². The Morgan fingerprint density at radius 1 is 0.588 bits per heavy atom. The number of phenols is 1.